The molecule has 8 heteroatoms. The van der Waals surface area contributed by atoms with Gasteiger partial charge in [-0.25, -0.2) is 4.98 Å². The van der Waals surface area contributed by atoms with E-state index in [1.165, 1.54) is 18.2 Å². The Morgan fingerprint density at radius 3 is 2.50 bits per heavy atom. The van der Waals surface area contributed by atoms with Gasteiger partial charge in [-0.05, 0) is 18.2 Å². The molecule has 2 aromatic rings. The molecule has 0 radical (unpaired) electrons. The third-order valence-corrected chi connectivity index (χ3v) is 2.42. The monoisotopic (exact) mass is 283 g/mol. The number of hydrogen-bond donors (Lipinski definition) is 1. The van der Waals surface area contributed by atoms with Crippen molar-refractivity contribution in [2.24, 2.45) is 0 Å². The lowest BCUT2D eigenvalue weighted by Gasteiger charge is -2.08. The zero-order valence-corrected chi connectivity index (χ0v) is 9.89. The van der Waals surface area contributed by atoms with E-state index in [-0.39, 0.29) is 11.5 Å². The van der Waals surface area contributed by atoms with Crippen molar-refractivity contribution in [1.82, 2.24) is 4.98 Å². The highest BCUT2D eigenvalue weighted by atomic mass is 19.4. The van der Waals surface area contributed by atoms with Crippen LogP contribution in [0, 0.1) is 10.1 Å². The molecule has 0 unspecified atom stereocenters. The number of alkyl halides is 3. The van der Waals surface area contributed by atoms with Gasteiger partial charge in [0.05, 0.1) is 10.5 Å². The number of pyridine rings is 1. The number of nitro benzene ring substituents is 1. The molecule has 2 rings (SSSR count). The van der Waals surface area contributed by atoms with Gasteiger partial charge in [0.15, 0.2) is 0 Å². The molecule has 0 fully saturated rings. The highest BCUT2D eigenvalue weighted by molar-refractivity contribution is 5.59. The maximum atomic E-state index is 12.4. The van der Waals surface area contributed by atoms with Crippen LogP contribution in [0.5, 0.6) is 0 Å². The molecule has 20 heavy (non-hydrogen) atoms. The summed E-state index contributed by atoms with van der Waals surface area (Å²) in [6.45, 7) is 0. The first kappa shape index (κ1) is 13.8. The molecule has 0 atom stereocenters. The van der Waals surface area contributed by atoms with Crippen LogP contribution in [-0.4, -0.2) is 9.91 Å². The second kappa shape index (κ2) is 5.16. The molecule has 0 saturated heterocycles. The van der Waals surface area contributed by atoms with E-state index in [1.807, 2.05) is 0 Å². The molecule has 0 saturated carbocycles. The van der Waals surface area contributed by atoms with Crippen molar-refractivity contribution in [3.05, 3.63) is 58.3 Å². The van der Waals surface area contributed by atoms with Crippen LogP contribution in [0.3, 0.4) is 0 Å². The third kappa shape index (κ3) is 3.22. The lowest BCUT2D eigenvalue weighted by Crippen LogP contribution is -2.05. The summed E-state index contributed by atoms with van der Waals surface area (Å²) in [7, 11) is 0. The second-order valence-corrected chi connectivity index (χ2v) is 3.86. The number of aromatic nitrogens is 1. The number of non-ortho nitro benzene ring substituents is 1. The molecule has 1 N–H and O–H groups in total. The van der Waals surface area contributed by atoms with Crippen molar-refractivity contribution in [2.45, 2.75) is 6.18 Å². The molecular weight excluding hydrogens is 275 g/mol. The Bertz CT molecular complexity index is 627. The van der Waals surface area contributed by atoms with Gasteiger partial charge >= 0.3 is 6.18 Å². The van der Waals surface area contributed by atoms with E-state index in [9.17, 15) is 23.3 Å². The molecule has 104 valence electrons. The fraction of sp³-hybridized carbons (Fsp3) is 0.0833. The smallest absolute Gasteiger partial charge is 0.340 e. The van der Waals surface area contributed by atoms with Gasteiger partial charge in [0.2, 0.25) is 0 Å². The number of hydrogen-bond acceptors (Lipinski definition) is 4. The predicted octanol–water partition coefficient (Wildman–Crippen LogP) is 3.75. The van der Waals surface area contributed by atoms with Crippen molar-refractivity contribution in [3.8, 4) is 0 Å². The first-order chi connectivity index (χ1) is 9.36. The fourth-order valence-corrected chi connectivity index (χ4v) is 1.48. The van der Waals surface area contributed by atoms with Crippen molar-refractivity contribution in [2.75, 3.05) is 5.32 Å². The molecule has 0 amide bonds. The first-order valence-corrected chi connectivity index (χ1v) is 5.41. The molecule has 0 aliphatic heterocycles. The maximum Gasteiger partial charge on any atom is 0.417 e. The lowest BCUT2D eigenvalue weighted by molar-refractivity contribution is -0.384. The highest BCUT2D eigenvalue weighted by Crippen LogP contribution is 2.29. The largest absolute Gasteiger partial charge is 0.417 e. The Kier molecular flexibility index (Phi) is 3.55. The number of nitrogens with one attached hydrogen (secondary N) is 1. The van der Waals surface area contributed by atoms with Crippen LogP contribution in [0.15, 0.2) is 42.6 Å². The number of rotatable bonds is 3. The van der Waals surface area contributed by atoms with Gasteiger partial charge in [-0.1, -0.05) is 6.07 Å². The first-order valence-electron chi connectivity index (χ1n) is 5.41. The summed E-state index contributed by atoms with van der Waals surface area (Å²) < 4.78 is 37.1. The van der Waals surface area contributed by atoms with E-state index in [1.54, 1.807) is 6.07 Å². The molecule has 1 aromatic carbocycles. The fourth-order valence-electron chi connectivity index (χ4n) is 1.48. The van der Waals surface area contributed by atoms with Crippen LogP contribution < -0.4 is 5.32 Å². The molecule has 1 aromatic heterocycles. The van der Waals surface area contributed by atoms with Crippen molar-refractivity contribution < 1.29 is 18.1 Å². The maximum absolute atomic E-state index is 12.4. The van der Waals surface area contributed by atoms with E-state index in [4.69, 9.17) is 0 Å². The van der Waals surface area contributed by atoms with E-state index < -0.39 is 16.7 Å². The van der Waals surface area contributed by atoms with Crippen LogP contribution in [0.4, 0.5) is 30.4 Å². The minimum Gasteiger partial charge on any atom is -0.340 e. The summed E-state index contributed by atoms with van der Waals surface area (Å²) in [4.78, 5) is 13.6. The van der Waals surface area contributed by atoms with Gasteiger partial charge in [0.1, 0.15) is 5.82 Å². The molecule has 5 nitrogen and oxygen atoms in total. The molecule has 1 heterocycles. The molecule has 0 bridgehead atoms. The van der Waals surface area contributed by atoms with Crippen molar-refractivity contribution in [1.29, 1.82) is 0 Å². The van der Waals surface area contributed by atoms with Crippen LogP contribution in [0.2, 0.25) is 0 Å². The summed E-state index contributed by atoms with van der Waals surface area (Å²) in [5, 5.41) is 13.3. The number of nitrogens with zero attached hydrogens (tertiary/aromatic N) is 2. The van der Waals surface area contributed by atoms with E-state index in [0.29, 0.717) is 11.9 Å². The number of benzene rings is 1. The quantitative estimate of drug-likeness (QED) is 0.688. The van der Waals surface area contributed by atoms with Crippen LogP contribution in [0.25, 0.3) is 0 Å². The zero-order chi connectivity index (χ0) is 14.8. The average Bonchev–Trinajstić information content (AvgIpc) is 2.38. The molecule has 0 aliphatic rings. The Balaban J connectivity index is 2.18. The summed E-state index contributed by atoms with van der Waals surface area (Å²) in [5.41, 5.74) is -0.615. The van der Waals surface area contributed by atoms with Gasteiger partial charge in [0, 0.05) is 24.0 Å². The second-order valence-electron chi connectivity index (χ2n) is 3.86. The molecule has 0 aliphatic carbocycles. The van der Waals surface area contributed by atoms with E-state index in [0.717, 1.165) is 12.1 Å². The third-order valence-electron chi connectivity index (χ3n) is 2.42. The van der Waals surface area contributed by atoms with Crippen LogP contribution in [-0.2, 0) is 6.18 Å². The minimum absolute atomic E-state index is 0.123. The van der Waals surface area contributed by atoms with Gasteiger partial charge < -0.3 is 5.32 Å². The average molecular weight is 283 g/mol. The van der Waals surface area contributed by atoms with Crippen LogP contribution in [0.1, 0.15) is 5.56 Å². The Hall–Kier alpha value is -2.64. The Morgan fingerprint density at radius 1 is 1.20 bits per heavy atom. The summed E-state index contributed by atoms with van der Waals surface area (Å²) in [6, 6.07) is 7.62. The normalized spacial score (nSPS) is 11.2. The zero-order valence-electron chi connectivity index (χ0n) is 9.89. The van der Waals surface area contributed by atoms with Crippen molar-refractivity contribution in [3.63, 3.8) is 0 Å². The summed E-state index contributed by atoms with van der Waals surface area (Å²) >= 11 is 0. The van der Waals surface area contributed by atoms with E-state index in [2.05, 4.69) is 10.3 Å². The van der Waals surface area contributed by atoms with Crippen LogP contribution >= 0.6 is 0 Å². The highest BCUT2D eigenvalue weighted by Gasteiger charge is 2.30. The molecular formula is C12H8F3N3O2. The molecule has 0 spiro atoms. The number of anilines is 2. The lowest BCUT2D eigenvalue weighted by atomic mass is 10.2. The van der Waals surface area contributed by atoms with Crippen molar-refractivity contribution >= 4 is 17.2 Å². The minimum atomic E-state index is -4.45. The van der Waals surface area contributed by atoms with Gasteiger partial charge in [0.25, 0.3) is 5.69 Å². The Morgan fingerprint density at radius 2 is 1.95 bits per heavy atom. The SMILES string of the molecule is O=[N+]([O-])c1cccc(Nc2ccc(C(F)(F)F)cn2)c1. The predicted molar refractivity (Wildman–Crippen MR) is 65.6 cm³/mol. The topological polar surface area (TPSA) is 68.1 Å². The number of nitro groups is 1. The number of halogens is 3. The van der Waals surface area contributed by atoms with Gasteiger partial charge in [-0.2, -0.15) is 13.2 Å². The Labute approximate surface area is 111 Å². The summed E-state index contributed by atoms with van der Waals surface area (Å²) in [5.74, 6) is 0.165. The van der Waals surface area contributed by atoms with Gasteiger partial charge in [-0.3, -0.25) is 10.1 Å². The van der Waals surface area contributed by atoms with Gasteiger partial charge in [-0.15, -0.1) is 0 Å². The standard InChI is InChI=1S/C12H8F3N3O2/c13-12(14,15)8-4-5-11(16-7-8)17-9-2-1-3-10(6-9)18(19)20/h1-7H,(H,16,17). The summed E-state index contributed by atoms with van der Waals surface area (Å²) in [6.07, 6.45) is -3.75. The van der Waals surface area contributed by atoms with E-state index >= 15 is 0 Å².